The van der Waals surface area contributed by atoms with Gasteiger partial charge >= 0.3 is 5.97 Å². The average Bonchev–Trinajstić information content (AvgIpc) is 2.28. The molecule has 0 saturated carbocycles. The molecule has 5 nitrogen and oxygen atoms in total. The van der Waals surface area contributed by atoms with E-state index in [4.69, 9.17) is 23.7 Å². The molecule has 0 spiro atoms. The van der Waals surface area contributed by atoms with Crippen LogP contribution in [-0.4, -0.2) is 45.1 Å². The van der Waals surface area contributed by atoms with Gasteiger partial charge in [0, 0.05) is 6.61 Å². The van der Waals surface area contributed by atoms with Gasteiger partial charge in [0.2, 0.25) is 0 Å². The molecule has 0 heterocycles. The van der Waals surface area contributed by atoms with Crippen LogP contribution < -0.4 is 0 Å². The maximum atomic E-state index is 5.64. The number of ether oxygens (including phenoxy) is 5. The highest BCUT2D eigenvalue weighted by Gasteiger charge is 2.35. The highest BCUT2D eigenvalue weighted by atomic mass is 16.9. The largest absolute Gasteiger partial charge is 0.446 e. The second-order valence-corrected chi connectivity index (χ2v) is 3.82. The lowest BCUT2D eigenvalue weighted by Crippen LogP contribution is -2.44. The first-order chi connectivity index (χ1) is 8.60. The van der Waals surface area contributed by atoms with Gasteiger partial charge in [0.25, 0.3) is 0 Å². The van der Waals surface area contributed by atoms with Gasteiger partial charge in [-0.05, 0) is 27.7 Å². The fourth-order valence-electron chi connectivity index (χ4n) is 1.37. The molecule has 0 rings (SSSR count). The van der Waals surface area contributed by atoms with E-state index in [2.05, 4.69) is 6.58 Å². The van der Waals surface area contributed by atoms with Crippen LogP contribution in [0.4, 0.5) is 0 Å². The van der Waals surface area contributed by atoms with E-state index < -0.39 is 5.97 Å². The summed E-state index contributed by atoms with van der Waals surface area (Å²) in [7, 11) is 0. The molecule has 0 bridgehead atoms. The molecule has 1 unspecified atom stereocenters. The van der Waals surface area contributed by atoms with Gasteiger partial charge in [0.1, 0.15) is 6.61 Å². The summed E-state index contributed by atoms with van der Waals surface area (Å²) >= 11 is 0. The van der Waals surface area contributed by atoms with Crippen LogP contribution in [-0.2, 0) is 23.7 Å². The molecule has 18 heavy (non-hydrogen) atoms. The fourth-order valence-corrected chi connectivity index (χ4v) is 1.37. The van der Waals surface area contributed by atoms with Crippen LogP contribution in [0.3, 0.4) is 0 Å². The predicted molar refractivity (Wildman–Crippen MR) is 69.2 cm³/mol. The normalized spacial score (nSPS) is 14.5. The van der Waals surface area contributed by atoms with Crippen LogP contribution in [0.15, 0.2) is 12.8 Å². The van der Waals surface area contributed by atoms with Crippen molar-refractivity contribution < 1.29 is 23.7 Å². The Hall–Kier alpha value is -0.620. The van der Waals surface area contributed by atoms with Gasteiger partial charge < -0.3 is 23.7 Å². The van der Waals surface area contributed by atoms with E-state index >= 15 is 0 Å². The van der Waals surface area contributed by atoms with Crippen molar-refractivity contribution >= 4 is 0 Å². The Morgan fingerprint density at radius 1 is 1.11 bits per heavy atom. The maximum Gasteiger partial charge on any atom is 0.351 e. The van der Waals surface area contributed by atoms with Crippen molar-refractivity contribution in [2.24, 2.45) is 0 Å². The first kappa shape index (κ1) is 17.4. The summed E-state index contributed by atoms with van der Waals surface area (Å²) in [5, 5.41) is 0. The molecule has 1 atom stereocenters. The Morgan fingerprint density at radius 3 is 2.28 bits per heavy atom. The second-order valence-electron chi connectivity index (χ2n) is 3.82. The molecule has 0 aliphatic rings. The van der Waals surface area contributed by atoms with E-state index in [1.54, 1.807) is 0 Å². The minimum atomic E-state index is -1.23. The third-order valence-electron chi connectivity index (χ3n) is 1.90. The second kappa shape index (κ2) is 10.3. The van der Waals surface area contributed by atoms with E-state index in [1.165, 1.54) is 6.26 Å². The summed E-state index contributed by atoms with van der Waals surface area (Å²) in [6.45, 7) is 13.4. The van der Waals surface area contributed by atoms with Crippen molar-refractivity contribution in [1.82, 2.24) is 0 Å². The lowest BCUT2D eigenvalue weighted by molar-refractivity contribution is -0.385. The minimum absolute atomic E-state index is 0.0491. The van der Waals surface area contributed by atoms with Crippen LogP contribution in [0.5, 0.6) is 0 Å². The van der Waals surface area contributed by atoms with Crippen molar-refractivity contribution in [3.05, 3.63) is 12.8 Å². The Kier molecular flexibility index (Phi) is 9.96. The highest BCUT2D eigenvalue weighted by molar-refractivity contribution is 4.64. The topological polar surface area (TPSA) is 46.2 Å². The minimum Gasteiger partial charge on any atom is -0.446 e. The standard InChI is InChI=1S/C13H26O5/c1-6-14-9-10-15-11-13(16-7-2,17-8-3)18-12(4)5/h7,12H,2,6,8-11H2,1,3-5H3. The Labute approximate surface area is 110 Å². The molecule has 0 N–H and O–H groups in total. The van der Waals surface area contributed by atoms with Crippen LogP contribution in [0.2, 0.25) is 0 Å². The number of hydrogen-bond acceptors (Lipinski definition) is 5. The number of hydrogen-bond donors (Lipinski definition) is 0. The molecule has 0 aliphatic heterocycles. The van der Waals surface area contributed by atoms with Gasteiger partial charge in [-0.25, -0.2) is 0 Å². The zero-order valence-electron chi connectivity index (χ0n) is 11.9. The van der Waals surface area contributed by atoms with Gasteiger partial charge in [0.15, 0.2) is 0 Å². The molecular formula is C13H26O5. The SMILES string of the molecule is C=COC(COCCOCC)(OCC)OC(C)C. The molecule has 0 amide bonds. The van der Waals surface area contributed by atoms with Crippen LogP contribution in [0, 0.1) is 0 Å². The smallest absolute Gasteiger partial charge is 0.351 e. The number of rotatable bonds is 12. The molecular weight excluding hydrogens is 236 g/mol. The molecule has 0 saturated heterocycles. The van der Waals surface area contributed by atoms with Crippen molar-refractivity contribution in [2.45, 2.75) is 39.8 Å². The summed E-state index contributed by atoms with van der Waals surface area (Å²) in [5.41, 5.74) is 0. The molecule has 108 valence electrons. The third kappa shape index (κ3) is 7.66. The van der Waals surface area contributed by atoms with E-state index in [0.717, 1.165) is 0 Å². The average molecular weight is 262 g/mol. The molecule has 0 aromatic rings. The Morgan fingerprint density at radius 2 is 1.78 bits per heavy atom. The van der Waals surface area contributed by atoms with E-state index in [-0.39, 0.29) is 12.7 Å². The zero-order valence-corrected chi connectivity index (χ0v) is 11.9. The summed E-state index contributed by atoms with van der Waals surface area (Å²) in [4.78, 5) is 0. The molecule has 0 radical (unpaired) electrons. The maximum absolute atomic E-state index is 5.64. The molecule has 0 fully saturated rings. The quantitative estimate of drug-likeness (QED) is 0.307. The Balaban J connectivity index is 4.27. The van der Waals surface area contributed by atoms with Crippen LogP contribution >= 0.6 is 0 Å². The predicted octanol–water partition coefficient (Wildman–Crippen LogP) is 2.31. The lowest BCUT2D eigenvalue weighted by atomic mass is 10.4. The molecule has 0 aromatic heterocycles. The summed E-state index contributed by atoms with van der Waals surface area (Å²) in [6, 6.07) is 0. The Bertz CT molecular complexity index is 208. The van der Waals surface area contributed by atoms with E-state index in [0.29, 0.717) is 26.4 Å². The molecule has 0 aliphatic carbocycles. The first-order valence-corrected chi connectivity index (χ1v) is 6.36. The van der Waals surface area contributed by atoms with Crippen molar-refractivity contribution in [2.75, 3.05) is 33.0 Å². The van der Waals surface area contributed by atoms with Crippen molar-refractivity contribution in [1.29, 1.82) is 0 Å². The summed E-state index contributed by atoms with van der Waals surface area (Å²) < 4.78 is 27.1. The van der Waals surface area contributed by atoms with Gasteiger partial charge in [-0.1, -0.05) is 6.58 Å². The summed E-state index contributed by atoms with van der Waals surface area (Å²) in [6.07, 6.45) is 1.25. The van der Waals surface area contributed by atoms with Crippen LogP contribution in [0.25, 0.3) is 0 Å². The highest BCUT2D eigenvalue weighted by Crippen LogP contribution is 2.19. The van der Waals surface area contributed by atoms with Gasteiger partial charge in [-0.2, -0.15) is 0 Å². The van der Waals surface area contributed by atoms with E-state index in [9.17, 15) is 0 Å². The fraction of sp³-hybridized carbons (Fsp3) is 0.846. The summed E-state index contributed by atoms with van der Waals surface area (Å²) in [5.74, 6) is -1.23. The molecule has 5 heteroatoms. The zero-order chi connectivity index (χ0) is 13.9. The van der Waals surface area contributed by atoms with Crippen molar-refractivity contribution in [3.8, 4) is 0 Å². The lowest BCUT2D eigenvalue weighted by Gasteiger charge is -2.33. The third-order valence-corrected chi connectivity index (χ3v) is 1.90. The monoisotopic (exact) mass is 262 g/mol. The molecule has 0 aromatic carbocycles. The first-order valence-electron chi connectivity index (χ1n) is 6.36. The van der Waals surface area contributed by atoms with Gasteiger partial charge in [-0.3, -0.25) is 0 Å². The van der Waals surface area contributed by atoms with Crippen LogP contribution in [0.1, 0.15) is 27.7 Å². The van der Waals surface area contributed by atoms with Gasteiger partial charge in [-0.15, -0.1) is 0 Å². The van der Waals surface area contributed by atoms with E-state index in [1.807, 2.05) is 27.7 Å². The van der Waals surface area contributed by atoms with Gasteiger partial charge in [0.05, 0.1) is 32.2 Å². The van der Waals surface area contributed by atoms with Crippen molar-refractivity contribution in [3.63, 3.8) is 0 Å².